The molecule has 0 saturated carbocycles. The van der Waals surface area contributed by atoms with E-state index in [1.54, 1.807) is 6.08 Å². The lowest BCUT2D eigenvalue weighted by molar-refractivity contribution is -0.113. The molecule has 0 bridgehead atoms. The van der Waals surface area contributed by atoms with Crippen molar-refractivity contribution >= 4 is 6.29 Å². The van der Waals surface area contributed by atoms with Gasteiger partial charge in [-0.1, -0.05) is 57.9 Å². The van der Waals surface area contributed by atoms with Gasteiger partial charge in [0, 0.05) is 5.41 Å². The molecule has 1 nitrogen and oxygen atoms in total. The lowest BCUT2D eigenvalue weighted by Gasteiger charge is -2.17. The van der Waals surface area contributed by atoms with Crippen molar-refractivity contribution in [2.75, 3.05) is 0 Å². The Morgan fingerprint density at radius 2 is 1.60 bits per heavy atom. The highest BCUT2D eigenvalue weighted by atomic mass is 16.1. The maximum atomic E-state index is 10.8. The third-order valence-corrected chi connectivity index (χ3v) is 3.05. The number of rotatable bonds is 10. The Hall–Kier alpha value is -0.590. The van der Waals surface area contributed by atoms with Crippen molar-refractivity contribution in [3.63, 3.8) is 0 Å². The summed E-state index contributed by atoms with van der Waals surface area (Å²) in [5, 5.41) is 0. The van der Waals surface area contributed by atoms with Crippen LogP contribution < -0.4 is 0 Å². The van der Waals surface area contributed by atoms with E-state index in [1.807, 2.05) is 6.92 Å². The molecule has 1 atom stereocenters. The summed E-state index contributed by atoms with van der Waals surface area (Å²) in [5.41, 5.74) is -0.288. The first-order valence-electron chi connectivity index (χ1n) is 6.28. The molecule has 0 rings (SSSR count). The maximum absolute atomic E-state index is 10.8. The number of aldehydes is 1. The van der Waals surface area contributed by atoms with Crippen LogP contribution in [0.25, 0.3) is 0 Å². The van der Waals surface area contributed by atoms with Crippen molar-refractivity contribution in [3.05, 3.63) is 12.7 Å². The summed E-state index contributed by atoms with van der Waals surface area (Å²) in [6, 6.07) is 0. The van der Waals surface area contributed by atoms with Crippen molar-refractivity contribution < 1.29 is 4.79 Å². The molecule has 0 aliphatic rings. The Bertz CT molecular complexity index is 164. The molecule has 0 spiro atoms. The van der Waals surface area contributed by atoms with Crippen LogP contribution in [0.1, 0.15) is 65.2 Å². The van der Waals surface area contributed by atoms with Crippen LogP contribution in [-0.2, 0) is 4.79 Å². The largest absolute Gasteiger partial charge is 0.302 e. The number of hydrogen-bond donors (Lipinski definition) is 0. The van der Waals surface area contributed by atoms with Gasteiger partial charge in [0.05, 0.1) is 0 Å². The number of carbonyl (C=O) groups is 1. The van der Waals surface area contributed by atoms with Crippen molar-refractivity contribution in [2.45, 2.75) is 65.2 Å². The summed E-state index contributed by atoms with van der Waals surface area (Å²) in [7, 11) is 0. The quantitative estimate of drug-likeness (QED) is 0.294. The Morgan fingerprint density at radius 3 is 2.07 bits per heavy atom. The van der Waals surface area contributed by atoms with Crippen LogP contribution in [0.3, 0.4) is 0 Å². The average Bonchev–Trinajstić information content (AvgIpc) is 2.27. The summed E-state index contributed by atoms with van der Waals surface area (Å²) in [5.74, 6) is 0. The van der Waals surface area contributed by atoms with Crippen molar-refractivity contribution in [3.8, 4) is 0 Å². The zero-order valence-electron chi connectivity index (χ0n) is 10.4. The van der Waals surface area contributed by atoms with Crippen LogP contribution >= 0.6 is 0 Å². The number of hydrogen-bond acceptors (Lipinski definition) is 1. The molecule has 1 heteroatoms. The number of allylic oxidation sites excluding steroid dienone is 1. The minimum Gasteiger partial charge on any atom is -0.302 e. The van der Waals surface area contributed by atoms with Crippen LogP contribution in [0.15, 0.2) is 12.7 Å². The van der Waals surface area contributed by atoms with E-state index in [0.29, 0.717) is 0 Å². The molecule has 0 radical (unpaired) electrons. The summed E-state index contributed by atoms with van der Waals surface area (Å²) in [6.07, 6.45) is 12.8. The Labute approximate surface area is 95.0 Å². The second kappa shape index (κ2) is 8.70. The van der Waals surface area contributed by atoms with Crippen molar-refractivity contribution in [2.24, 2.45) is 5.41 Å². The van der Waals surface area contributed by atoms with E-state index >= 15 is 0 Å². The first-order chi connectivity index (χ1) is 7.18. The fourth-order valence-electron chi connectivity index (χ4n) is 1.67. The van der Waals surface area contributed by atoms with Gasteiger partial charge in [0.2, 0.25) is 0 Å². The zero-order valence-corrected chi connectivity index (χ0v) is 10.4. The zero-order chi connectivity index (χ0) is 11.6. The minimum absolute atomic E-state index is 0.288. The van der Waals surface area contributed by atoms with Gasteiger partial charge in [-0.2, -0.15) is 0 Å². The molecule has 0 fully saturated rings. The summed E-state index contributed by atoms with van der Waals surface area (Å²) in [6.45, 7) is 7.91. The standard InChI is InChI=1S/C14H26O/c1-4-6-7-8-9-10-11-12-14(3,5-2)13-15/h5,13H,2,4,6-12H2,1,3H3. The van der Waals surface area contributed by atoms with E-state index in [9.17, 15) is 4.79 Å². The third kappa shape index (κ3) is 7.35. The molecule has 0 aliphatic carbocycles. The molecule has 0 aromatic carbocycles. The van der Waals surface area contributed by atoms with E-state index in [-0.39, 0.29) is 5.41 Å². The summed E-state index contributed by atoms with van der Waals surface area (Å²) >= 11 is 0. The summed E-state index contributed by atoms with van der Waals surface area (Å²) in [4.78, 5) is 10.8. The molecule has 1 unspecified atom stereocenters. The molecule has 88 valence electrons. The number of carbonyl (C=O) groups excluding carboxylic acids is 1. The first kappa shape index (κ1) is 14.4. The highest BCUT2D eigenvalue weighted by Crippen LogP contribution is 2.23. The van der Waals surface area contributed by atoms with Gasteiger partial charge in [-0.3, -0.25) is 0 Å². The van der Waals surface area contributed by atoms with Crippen LogP contribution in [0.5, 0.6) is 0 Å². The van der Waals surface area contributed by atoms with Gasteiger partial charge in [-0.15, -0.1) is 6.58 Å². The van der Waals surface area contributed by atoms with Crippen LogP contribution in [0.2, 0.25) is 0 Å². The normalized spacial score (nSPS) is 14.5. The maximum Gasteiger partial charge on any atom is 0.129 e. The molecule has 0 aromatic heterocycles. The lowest BCUT2D eigenvalue weighted by Crippen LogP contribution is -2.13. The molecule has 0 amide bonds. The Balaban J connectivity index is 3.37. The lowest BCUT2D eigenvalue weighted by atomic mass is 9.86. The van der Waals surface area contributed by atoms with Gasteiger partial charge in [0.15, 0.2) is 0 Å². The average molecular weight is 210 g/mol. The highest BCUT2D eigenvalue weighted by molar-refractivity contribution is 5.61. The minimum atomic E-state index is -0.288. The van der Waals surface area contributed by atoms with Gasteiger partial charge in [-0.05, 0) is 13.3 Å². The Kier molecular flexibility index (Phi) is 8.35. The van der Waals surface area contributed by atoms with Crippen LogP contribution in [0.4, 0.5) is 0 Å². The second-order valence-electron chi connectivity index (χ2n) is 4.70. The number of unbranched alkanes of at least 4 members (excludes halogenated alkanes) is 6. The van der Waals surface area contributed by atoms with E-state index in [4.69, 9.17) is 0 Å². The predicted molar refractivity (Wildman–Crippen MR) is 67.0 cm³/mol. The third-order valence-electron chi connectivity index (χ3n) is 3.05. The molecule has 15 heavy (non-hydrogen) atoms. The van der Waals surface area contributed by atoms with Crippen molar-refractivity contribution in [1.29, 1.82) is 0 Å². The van der Waals surface area contributed by atoms with Gasteiger partial charge in [-0.25, -0.2) is 0 Å². The Morgan fingerprint density at radius 1 is 1.07 bits per heavy atom. The fourth-order valence-corrected chi connectivity index (χ4v) is 1.67. The molecule has 0 saturated heterocycles. The first-order valence-corrected chi connectivity index (χ1v) is 6.28. The van der Waals surface area contributed by atoms with E-state index in [1.165, 1.54) is 38.5 Å². The SMILES string of the molecule is C=CC(C)(C=O)CCCCCCCCC. The smallest absolute Gasteiger partial charge is 0.129 e. The van der Waals surface area contributed by atoms with Gasteiger partial charge in [0.25, 0.3) is 0 Å². The fraction of sp³-hybridized carbons (Fsp3) is 0.786. The van der Waals surface area contributed by atoms with Crippen LogP contribution in [0, 0.1) is 5.41 Å². The van der Waals surface area contributed by atoms with Gasteiger partial charge in [0.1, 0.15) is 6.29 Å². The predicted octanol–water partition coefficient (Wildman–Crippen LogP) is 4.52. The van der Waals surface area contributed by atoms with Gasteiger partial charge < -0.3 is 4.79 Å². The molecular formula is C14H26O. The highest BCUT2D eigenvalue weighted by Gasteiger charge is 2.17. The molecule has 0 aliphatic heterocycles. The van der Waals surface area contributed by atoms with E-state index < -0.39 is 0 Å². The summed E-state index contributed by atoms with van der Waals surface area (Å²) < 4.78 is 0. The van der Waals surface area contributed by atoms with Crippen molar-refractivity contribution in [1.82, 2.24) is 0 Å². The monoisotopic (exact) mass is 210 g/mol. The molecule has 0 aromatic rings. The molecular weight excluding hydrogens is 184 g/mol. The van der Waals surface area contributed by atoms with E-state index in [2.05, 4.69) is 13.5 Å². The second-order valence-corrected chi connectivity index (χ2v) is 4.70. The van der Waals surface area contributed by atoms with E-state index in [0.717, 1.165) is 19.1 Å². The van der Waals surface area contributed by atoms with Crippen LogP contribution in [-0.4, -0.2) is 6.29 Å². The van der Waals surface area contributed by atoms with Gasteiger partial charge >= 0.3 is 0 Å². The molecule has 0 N–H and O–H groups in total. The topological polar surface area (TPSA) is 17.1 Å². The molecule has 0 heterocycles.